The van der Waals surface area contributed by atoms with Crippen LogP contribution in [0.3, 0.4) is 0 Å². The van der Waals surface area contributed by atoms with Crippen LogP contribution in [-0.4, -0.2) is 32.5 Å². The highest BCUT2D eigenvalue weighted by molar-refractivity contribution is 5.69. The van der Waals surface area contributed by atoms with Crippen molar-refractivity contribution >= 4 is 5.97 Å². The lowest BCUT2D eigenvalue weighted by molar-refractivity contribution is -0.138. The second-order valence-electron chi connectivity index (χ2n) is 10.00. The number of pyridine rings is 2. The summed E-state index contributed by atoms with van der Waals surface area (Å²) in [6.07, 6.45) is 15.4. The summed E-state index contributed by atoms with van der Waals surface area (Å²) in [6, 6.07) is 8.35. The maximum absolute atomic E-state index is 11.8. The van der Waals surface area contributed by atoms with Crippen molar-refractivity contribution in [3.05, 3.63) is 59.2 Å². The summed E-state index contributed by atoms with van der Waals surface area (Å²) in [7, 11) is 0. The van der Waals surface area contributed by atoms with Crippen LogP contribution in [0.15, 0.2) is 36.7 Å². The monoisotopic (exact) mass is 481 g/mol. The Hall–Kier alpha value is -2.27. The van der Waals surface area contributed by atoms with E-state index in [-0.39, 0.29) is 6.54 Å². The van der Waals surface area contributed by atoms with E-state index in [9.17, 15) is 9.90 Å². The molecule has 0 radical (unpaired) electrons. The van der Waals surface area contributed by atoms with Crippen molar-refractivity contribution in [3.8, 4) is 0 Å². The Morgan fingerprint density at radius 2 is 1.29 bits per heavy atom. The van der Waals surface area contributed by atoms with Gasteiger partial charge in [-0.3, -0.25) is 19.7 Å². The molecule has 0 aromatic carbocycles. The molecule has 2 aromatic heterocycles. The first-order chi connectivity index (χ1) is 17.0. The van der Waals surface area contributed by atoms with Gasteiger partial charge in [0.25, 0.3) is 0 Å². The maximum atomic E-state index is 11.8. The Morgan fingerprint density at radius 3 is 1.66 bits per heavy atom. The average molecular weight is 482 g/mol. The van der Waals surface area contributed by atoms with E-state index < -0.39 is 5.97 Å². The lowest BCUT2D eigenvalue weighted by Crippen LogP contribution is -2.30. The van der Waals surface area contributed by atoms with Crippen molar-refractivity contribution in [1.29, 1.82) is 0 Å². The van der Waals surface area contributed by atoms with Gasteiger partial charge in [-0.15, -0.1) is 0 Å². The quantitative estimate of drug-likeness (QED) is 0.246. The summed E-state index contributed by atoms with van der Waals surface area (Å²) >= 11 is 0. The fourth-order valence-electron chi connectivity index (χ4n) is 4.89. The molecule has 0 aliphatic rings. The zero-order chi connectivity index (χ0) is 25.5. The molecule has 35 heavy (non-hydrogen) atoms. The second-order valence-corrected chi connectivity index (χ2v) is 10.00. The van der Waals surface area contributed by atoms with Gasteiger partial charge < -0.3 is 5.11 Å². The first-order valence-electron chi connectivity index (χ1n) is 13.8. The van der Waals surface area contributed by atoms with E-state index in [4.69, 9.17) is 9.97 Å². The topological polar surface area (TPSA) is 66.3 Å². The van der Waals surface area contributed by atoms with Crippen LogP contribution in [0.2, 0.25) is 0 Å². The predicted octanol–water partition coefficient (Wildman–Crippen LogP) is 7.08. The van der Waals surface area contributed by atoms with Gasteiger partial charge in [-0.1, -0.05) is 91.2 Å². The Morgan fingerprint density at radius 1 is 0.829 bits per heavy atom. The summed E-state index contributed by atoms with van der Waals surface area (Å²) in [6.45, 7) is 10.0. The molecule has 0 spiro atoms. The number of hydrogen-bond donors (Lipinski definition) is 1. The first kappa shape index (κ1) is 29.0. The number of carboxylic acids is 1. The molecular formula is C30H47N3O2. The Bertz CT molecular complexity index is 807. The molecule has 2 unspecified atom stereocenters. The zero-order valence-corrected chi connectivity index (χ0v) is 22.5. The third-order valence-electron chi connectivity index (χ3n) is 7.18. The lowest BCUT2D eigenvalue weighted by atomic mass is 9.91. The van der Waals surface area contributed by atoms with Crippen LogP contribution in [-0.2, 0) is 30.7 Å². The van der Waals surface area contributed by atoms with Gasteiger partial charge >= 0.3 is 5.97 Å². The summed E-state index contributed by atoms with van der Waals surface area (Å²) in [5.41, 5.74) is 4.49. The number of aromatic nitrogens is 2. The molecule has 0 aliphatic carbocycles. The largest absolute Gasteiger partial charge is 0.480 e. The summed E-state index contributed by atoms with van der Waals surface area (Å²) < 4.78 is 0. The van der Waals surface area contributed by atoms with Crippen LogP contribution < -0.4 is 0 Å². The molecule has 2 aromatic rings. The van der Waals surface area contributed by atoms with Crippen LogP contribution in [0.25, 0.3) is 0 Å². The molecule has 0 bridgehead atoms. The molecule has 1 N–H and O–H groups in total. The summed E-state index contributed by atoms with van der Waals surface area (Å²) in [5.74, 6) is 0.466. The Labute approximate surface area is 213 Å². The van der Waals surface area contributed by atoms with E-state index in [2.05, 4.69) is 39.8 Å². The van der Waals surface area contributed by atoms with E-state index in [0.717, 1.165) is 37.1 Å². The molecule has 194 valence electrons. The van der Waals surface area contributed by atoms with Crippen LogP contribution in [0, 0.1) is 11.8 Å². The van der Waals surface area contributed by atoms with Gasteiger partial charge in [0.15, 0.2) is 0 Å². The molecular weight excluding hydrogens is 434 g/mol. The van der Waals surface area contributed by atoms with Gasteiger partial charge in [0.1, 0.15) is 0 Å². The SMILES string of the molecule is CCCCC(CC)Cc1cccnc1CN(CC(=O)O)Cc1ncccc1CC(CC)CCCC. The number of unbranched alkanes of at least 4 members (excludes halogenated alkanes) is 2. The normalized spacial score (nSPS) is 13.2. The summed E-state index contributed by atoms with van der Waals surface area (Å²) in [5, 5.41) is 9.66. The number of carboxylic acid groups (broad SMARTS) is 1. The number of aliphatic carboxylic acids is 1. The first-order valence-corrected chi connectivity index (χ1v) is 13.8. The molecule has 5 heteroatoms. The van der Waals surface area contributed by atoms with Crippen LogP contribution in [0.4, 0.5) is 0 Å². The van der Waals surface area contributed by atoms with Crippen LogP contribution in [0.1, 0.15) is 102 Å². The average Bonchev–Trinajstić information content (AvgIpc) is 2.85. The van der Waals surface area contributed by atoms with Gasteiger partial charge in [0.05, 0.1) is 17.9 Å². The Balaban J connectivity index is 2.21. The highest BCUT2D eigenvalue weighted by Crippen LogP contribution is 2.23. The minimum Gasteiger partial charge on any atom is -0.480 e. The zero-order valence-electron chi connectivity index (χ0n) is 22.5. The molecule has 5 nitrogen and oxygen atoms in total. The van der Waals surface area contributed by atoms with Gasteiger partial charge in [-0.2, -0.15) is 0 Å². The van der Waals surface area contributed by atoms with Gasteiger partial charge in [-0.25, -0.2) is 0 Å². The lowest BCUT2D eigenvalue weighted by Gasteiger charge is -2.24. The molecule has 0 amide bonds. The number of hydrogen-bond acceptors (Lipinski definition) is 4. The predicted molar refractivity (Wildman–Crippen MR) is 144 cm³/mol. The third kappa shape index (κ3) is 10.5. The fourth-order valence-corrected chi connectivity index (χ4v) is 4.89. The van der Waals surface area contributed by atoms with Crippen molar-refractivity contribution in [2.75, 3.05) is 6.54 Å². The van der Waals surface area contributed by atoms with E-state index >= 15 is 0 Å². The highest BCUT2D eigenvalue weighted by Gasteiger charge is 2.19. The molecule has 0 saturated carbocycles. The number of nitrogens with zero attached hydrogens (tertiary/aromatic N) is 3. The minimum atomic E-state index is -0.816. The van der Waals surface area contributed by atoms with Crippen LogP contribution >= 0.6 is 0 Å². The van der Waals surface area contributed by atoms with Gasteiger partial charge in [-0.05, 0) is 47.9 Å². The molecule has 0 fully saturated rings. The van der Waals surface area contributed by atoms with E-state index in [1.807, 2.05) is 29.4 Å². The highest BCUT2D eigenvalue weighted by atomic mass is 16.4. The van der Waals surface area contributed by atoms with Crippen molar-refractivity contribution in [2.24, 2.45) is 11.8 Å². The van der Waals surface area contributed by atoms with Crippen molar-refractivity contribution in [2.45, 2.75) is 105 Å². The van der Waals surface area contributed by atoms with E-state index in [0.29, 0.717) is 24.9 Å². The van der Waals surface area contributed by atoms with Gasteiger partial charge in [0, 0.05) is 25.5 Å². The maximum Gasteiger partial charge on any atom is 0.317 e. The molecule has 0 saturated heterocycles. The smallest absolute Gasteiger partial charge is 0.317 e. The molecule has 2 heterocycles. The van der Waals surface area contributed by atoms with Crippen LogP contribution in [0.5, 0.6) is 0 Å². The second kappa shape index (κ2) is 16.4. The Kier molecular flexibility index (Phi) is 13.6. The van der Waals surface area contributed by atoms with E-state index in [1.165, 1.54) is 49.7 Å². The fraction of sp³-hybridized carbons (Fsp3) is 0.633. The third-order valence-corrected chi connectivity index (χ3v) is 7.18. The standard InChI is InChI=1S/C30H47N3O2/c1-5-9-13-24(7-3)19-26-15-11-17-31-28(26)21-33(23-30(34)35)22-29-27(16-12-18-32-29)20-25(8-4)14-10-6-2/h11-12,15-18,24-25H,5-10,13-14,19-23H2,1-4H3,(H,34,35). The van der Waals surface area contributed by atoms with Gasteiger partial charge in [0.2, 0.25) is 0 Å². The van der Waals surface area contributed by atoms with E-state index in [1.54, 1.807) is 0 Å². The molecule has 2 atom stereocenters. The van der Waals surface area contributed by atoms with Crippen molar-refractivity contribution in [1.82, 2.24) is 14.9 Å². The molecule has 2 rings (SSSR count). The number of rotatable bonds is 18. The summed E-state index contributed by atoms with van der Waals surface area (Å²) in [4.78, 5) is 23.1. The van der Waals surface area contributed by atoms with Crippen molar-refractivity contribution < 1.29 is 9.90 Å². The minimum absolute atomic E-state index is 0.0217. The van der Waals surface area contributed by atoms with Crippen molar-refractivity contribution in [3.63, 3.8) is 0 Å². The molecule has 0 aliphatic heterocycles. The number of carbonyl (C=O) groups is 1.